The van der Waals surface area contributed by atoms with E-state index >= 15 is 0 Å². The fourth-order valence-corrected chi connectivity index (χ4v) is 1.50. The van der Waals surface area contributed by atoms with E-state index in [0.29, 0.717) is 0 Å². The largest absolute Gasteiger partial charge is 0.370 e. The molecule has 0 saturated carbocycles. The second-order valence-corrected chi connectivity index (χ2v) is 3.35. The van der Waals surface area contributed by atoms with Gasteiger partial charge >= 0.3 is 0 Å². The van der Waals surface area contributed by atoms with Gasteiger partial charge in [0.1, 0.15) is 5.84 Å². The maximum absolute atomic E-state index is 4.40. The molecule has 1 aromatic carbocycles. The molecule has 0 aliphatic rings. The lowest BCUT2D eigenvalue weighted by Gasteiger charge is -2.09. The van der Waals surface area contributed by atoms with Crippen molar-refractivity contribution in [3.8, 4) is 0 Å². The van der Waals surface area contributed by atoms with E-state index in [1.807, 2.05) is 31.2 Å². The molecule has 0 fully saturated rings. The highest BCUT2D eigenvalue weighted by molar-refractivity contribution is 7.80. The van der Waals surface area contributed by atoms with Gasteiger partial charge in [-0.15, -0.1) is 12.6 Å². The van der Waals surface area contributed by atoms with Crippen LogP contribution in [0.15, 0.2) is 34.2 Å². The molecule has 1 aromatic rings. The van der Waals surface area contributed by atoms with Gasteiger partial charge < -0.3 is 5.32 Å². The number of benzene rings is 1. The standard InChI is InChI=1S/C11H16N2S/c1-3-12-11(13-4-2)9-7-5-6-8-10(9)14/h5-8,14H,3-4H2,1-2H3,(H,12,13). The normalized spacial score (nSPS) is 11.5. The molecule has 0 saturated heterocycles. The first kappa shape index (κ1) is 11.1. The van der Waals surface area contributed by atoms with Crippen LogP contribution in [0.3, 0.4) is 0 Å². The van der Waals surface area contributed by atoms with Crippen molar-refractivity contribution in [2.24, 2.45) is 4.99 Å². The topological polar surface area (TPSA) is 24.4 Å². The Hall–Kier alpha value is -0.960. The molecule has 1 N–H and O–H groups in total. The molecule has 0 bridgehead atoms. The molecule has 0 unspecified atom stereocenters. The monoisotopic (exact) mass is 208 g/mol. The second kappa shape index (κ2) is 5.70. The van der Waals surface area contributed by atoms with Gasteiger partial charge in [-0.2, -0.15) is 0 Å². The van der Waals surface area contributed by atoms with E-state index in [-0.39, 0.29) is 0 Å². The van der Waals surface area contributed by atoms with Gasteiger partial charge in [-0.05, 0) is 19.9 Å². The summed E-state index contributed by atoms with van der Waals surface area (Å²) in [7, 11) is 0. The molecule has 2 nitrogen and oxygen atoms in total. The molecule has 0 aromatic heterocycles. The number of thiol groups is 1. The smallest absolute Gasteiger partial charge is 0.129 e. The van der Waals surface area contributed by atoms with Crippen molar-refractivity contribution in [1.29, 1.82) is 0 Å². The van der Waals surface area contributed by atoms with Gasteiger partial charge in [0.05, 0.1) is 0 Å². The minimum absolute atomic E-state index is 0.782. The molecule has 3 heteroatoms. The third kappa shape index (κ3) is 2.77. The number of aliphatic imine (C=N–C) groups is 1. The van der Waals surface area contributed by atoms with Crippen molar-refractivity contribution in [2.45, 2.75) is 18.7 Å². The maximum atomic E-state index is 4.40. The summed E-state index contributed by atoms with van der Waals surface area (Å²) >= 11 is 4.40. The Kier molecular flexibility index (Phi) is 4.53. The van der Waals surface area contributed by atoms with Crippen LogP contribution in [0.25, 0.3) is 0 Å². The summed E-state index contributed by atoms with van der Waals surface area (Å²) in [6.45, 7) is 5.75. The van der Waals surface area contributed by atoms with Crippen LogP contribution in [0.1, 0.15) is 19.4 Å². The minimum atomic E-state index is 0.782. The van der Waals surface area contributed by atoms with E-state index in [0.717, 1.165) is 29.4 Å². The summed E-state index contributed by atoms with van der Waals surface area (Å²) in [5.74, 6) is 0.931. The molecule has 0 amide bonds. The summed E-state index contributed by atoms with van der Waals surface area (Å²) in [4.78, 5) is 5.36. The predicted octanol–water partition coefficient (Wildman–Crippen LogP) is 2.35. The number of hydrogen-bond donors (Lipinski definition) is 2. The van der Waals surface area contributed by atoms with Crippen LogP contribution >= 0.6 is 12.6 Å². The molecule has 76 valence electrons. The van der Waals surface area contributed by atoms with Crippen LogP contribution < -0.4 is 5.32 Å². The average Bonchev–Trinajstić information content (AvgIpc) is 2.18. The summed E-state index contributed by atoms with van der Waals surface area (Å²) in [6.07, 6.45) is 0. The zero-order valence-corrected chi connectivity index (χ0v) is 9.51. The van der Waals surface area contributed by atoms with E-state index in [1.54, 1.807) is 0 Å². The van der Waals surface area contributed by atoms with Gasteiger partial charge in [0.25, 0.3) is 0 Å². The third-order valence-corrected chi connectivity index (χ3v) is 2.21. The van der Waals surface area contributed by atoms with Crippen molar-refractivity contribution >= 4 is 18.5 Å². The van der Waals surface area contributed by atoms with E-state index in [1.165, 1.54) is 0 Å². The number of rotatable bonds is 3. The molecular formula is C11H16N2S. The van der Waals surface area contributed by atoms with Gasteiger partial charge in [-0.3, -0.25) is 4.99 Å². The summed E-state index contributed by atoms with van der Waals surface area (Å²) < 4.78 is 0. The second-order valence-electron chi connectivity index (χ2n) is 2.87. The first-order chi connectivity index (χ1) is 6.79. The van der Waals surface area contributed by atoms with Gasteiger partial charge in [-0.1, -0.05) is 18.2 Å². The summed E-state index contributed by atoms with van der Waals surface area (Å²) in [5.41, 5.74) is 1.07. The van der Waals surface area contributed by atoms with Gasteiger partial charge in [0, 0.05) is 23.5 Å². The van der Waals surface area contributed by atoms with Crippen LogP contribution in [0, 0.1) is 0 Å². The average molecular weight is 208 g/mol. The highest BCUT2D eigenvalue weighted by atomic mass is 32.1. The van der Waals surface area contributed by atoms with Gasteiger partial charge in [0.15, 0.2) is 0 Å². The van der Waals surface area contributed by atoms with E-state index in [2.05, 4.69) is 29.9 Å². The Morgan fingerprint density at radius 2 is 2.07 bits per heavy atom. The van der Waals surface area contributed by atoms with Crippen molar-refractivity contribution in [3.05, 3.63) is 29.8 Å². The Morgan fingerprint density at radius 3 is 2.64 bits per heavy atom. The van der Waals surface area contributed by atoms with Crippen LogP contribution in [0.2, 0.25) is 0 Å². The Labute approximate surface area is 90.9 Å². The first-order valence-corrected chi connectivity index (χ1v) is 5.31. The first-order valence-electron chi connectivity index (χ1n) is 4.86. The molecule has 0 heterocycles. The highest BCUT2D eigenvalue weighted by Crippen LogP contribution is 2.12. The Bertz CT molecular complexity index is 321. The Morgan fingerprint density at radius 1 is 1.36 bits per heavy atom. The van der Waals surface area contributed by atoms with Crippen LogP contribution in [0.4, 0.5) is 0 Å². The molecule has 0 aliphatic carbocycles. The zero-order chi connectivity index (χ0) is 10.4. The van der Waals surface area contributed by atoms with Crippen molar-refractivity contribution in [2.75, 3.05) is 13.1 Å². The fourth-order valence-electron chi connectivity index (χ4n) is 1.24. The highest BCUT2D eigenvalue weighted by Gasteiger charge is 2.04. The molecular weight excluding hydrogens is 192 g/mol. The maximum Gasteiger partial charge on any atom is 0.129 e. The molecule has 14 heavy (non-hydrogen) atoms. The number of nitrogens with one attached hydrogen (secondary N) is 1. The van der Waals surface area contributed by atoms with E-state index < -0.39 is 0 Å². The van der Waals surface area contributed by atoms with Crippen molar-refractivity contribution in [1.82, 2.24) is 5.32 Å². The minimum Gasteiger partial charge on any atom is -0.370 e. The van der Waals surface area contributed by atoms with Gasteiger partial charge in [0.2, 0.25) is 0 Å². The third-order valence-electron chi connectivity index (χ3n) is 1.82. The molecule has 0 spiro atoms. The van der Waals surface area contributed by atoms with Crippen LogP contribution in [-0.2, 0) is 0 Å². The quantitative estimate of drug-likeness (QED) is 0.445. The number of nitrogens with zero attached hydrogens (tertiary/aromatic N) is 1. The predicted molar refractivity (Wildman–Crippen MR) is 64.4 cm³/mol. The molecule has 0 atom stereocenters. The van der Waals surface area contributed by atoms with Crippen LogP contribution in [-0.4, -0.2) is 18.9 Å². The SMILES string of the molecule is CCN=C(NCC)c1ccccc1S. The van der Waals surface area contributed by atoms with Crippen molar-refractivity contribution < 1.29 is 0 Å². The molecule has 0 aliphatic heterocycles. The zero-order valence-electron chi connectivity index (χ0n) is 8.62. The number of hydrogen-bond acceptors (Lipinski definition) is 2. The van der Waals surface area contributed by atoms with Crippen LogP contribution in [0.5, 0.6) is 0 Å². The van der Waals surface area contributed by atoms with E-state index in [4.69, 9.17) is 0 Å². The Balaban J connectivity index is 2.99. The fraction of sp³-hybridized carbons (Fsp3) is 0.364. The lowest BCUT2D eigenvalue weighted by atomic mass is 10.2. The lowest BCUT2D eigenvalue weighted by Crippen LogP contribution is -2.24. The summed E-state index contributed by atoms with van der Waals surface area (Å²) in [5, 5.41) is 3.24. The lowest BCUT2D eigenvalue weighted by molar-refractivity contribution is 0.944. The van der Waals surface area contributed by atoms with Gasteiger partial charge in [-0.25, -0.2) is 0 Å². The molecule has 0 radical (unpaired) electrons. The molecule has 1 rings (SSSR count). The number of amidine groups is 1. The van der Waals surface area contributed by atoms with E-state index in [9.17, 15) is 0 Å². The summed E-state index contributed by atoms with van der Waals surface area (Å²) in [6, 6.07) is 7.97. The van der Waals surface area contributed by atoms with Crippen molar-refractivity contribution in [3.63, 3.8) is 0 Å².